The second-order valence-corrected chi connectivity index (χ2v) is 6.23. The first-order valence-corrected chi connectivity index (χ1v) is 8.37. The molecule has 0 bridgehead atoms. The average Bonchev–Trinajstić information content (AvgIpc) is 2.65. The summed E-state index contributed by atoms with van der Waals surface area (Å²) in [5.74, 6) is -1.14. The molecule has 3 aromatic rings. The quantitative estimate of drug-likeness (QED) is 0.745. The zero-order valence-electron chi connectivity index (χ0n) is 13.8. The predicted octanol–water partition coefficient (Wildman–Crippen LogP) is 3.62. The summed E-state index contributed by atoms with van der Waals surface area (Å²) < 4.78 is 15.3. The molecule has 0 aliphatic heterocycles. The SMILES string of the molecule is O=C(NCc1ccc(Cn2ccccc2=O)cc1)c1cc(Cl)ccc1F. The highest BCUT2D eigenvalue weighted by Gasteiger charge is 2.11. The van der Waals surface area contributed by atoms with E-state index >= 15 is 0 Å². The molecule has 3 rings (SSSR count). The number of rotatable bonds is 5. The molecule has 0 radical (unpaired) electrons. The summed E-state index contributed by atoms with van der Waals surface area (Å²) >= 11 is 5.80. The number of benzene rings is 2. The van der Waals surface area contributed by atoms with Crippen LogP contribution in [0.1, 0.15) is 21.5 Å². The highest BCUT2D eigenvalue weighted by atomic mass is 35.5. The van der Waals surface area contributed by atoms with Gasteiger partial charge in [0.05, 0.1) is 12.1 Å². The first kappa shape index (κ1) is 17.9. The number of pyridine rings is 1. The number of hydrogen-bond acceptors (Lipinski definition) is 2. The maximum atomic E-state index is 13.7. The molecule has 0 fully saturated rings. The highest BCUT2D eigenvalue weighted by molar-refractivity contribution is 6.31. The third-order valence-corrected chi connectivity index (χ3v) is 4.14. The molecule has 0 unspecified atom stereocenters. The van der Waals surface area contributed by atoms with Crippen LogP contribution in [0.4, 0.5) is 4.39 Å². The van der Waals surface area contributed by atoms with Crippen molar-refractivity contribution in [2.75, 3.05) is 0 Å². The molecule has 0 saturated heterocycles. The molecule has 0 aliphatic carbocycles. The van der Waals surface area contributed by atoms with Crippen molar-refractivity contribution in [2.24, 2.45) is 0 Å². The van der Waals surface area contributed by atoms with Gasteiger partial charge in [0.15, 0.2) is 0 Å². The Labute approximate surface area is 154 Å². The molecule has 2 aromatic carbocycles. The van der Waals surface area contributed by atoms with Gasteiger partial charge in [-0.1, -0.05) is 41.9 Å². The molecular weight excluding hydrogens is 355 g/mol. The van der Waals surface area contributed by atoms with Crippen LogP contribution in [0.3, 0.4) is 0 Å². The van der Waals surface area contributed by atoms with Gasteiger partial charge in [-0.2, -0.15) is 0 Å². The summed E-state index contributed by atoms with van der Waals surface area (Å²) in [5.41, 5.74) is 1.68. The fourth-order valence-electron chi connectivity index (χ4n) is 2.50. The summed E-state index contributed by atoms with van der Waals surface area (Å²) in [5, 5.41) is 2.97. The van der Waals surface area contributed by atoms with E-state index in [-0.39, 0.29) is 17.7 Å². The van der Waals surface area contributed by atoms with E-state index in [4.69, 9.17) is 11.6 Å². The fraction of sp³-hybridized carbons (Fsp3) is 0.100. The molecule has 132 valence electrons. The van der Waals surface area contributed by atoms with Crippen molar-refractivity contribution in [1.29, 1.82) is 0 Å². The van der Waals surface area contributed by atoms with E-state index in [1.54, 1.807) is 22.9 Å². The Kier molecular flexibility index (Phi) is 5.49. The lowest BCUT2D eigenvalue weighted by molar-refractivity contribution is 0.0947. The molecular formula is C20H16ClFN2O2. The van der Waals surface area contributed by atoms with Gasteiger partial charge in [0.25, 0.3) is 11.5 Å². The second-order valence-electron chi connectivity index (χ2n) is 5.79. The number of amides is 1. The van der Waals surface area contributed by atoms with Crippen LogP contribution in [-0.2, 0) is 13.1 Å². The maximum absolute atomic E-state index is 13.7. The number of hydrogen-bond donors (Lipinski definition) is 1. The number of nitrogens with zero attached hydrogens (tertiary/aromatic N) is 1. The zero-order valence-corrected chi connectivity index (χ0v) is 14.5. The third-order valence-electron chi connectivity index (χ3n) is 3.90. The molecule has 1 N–H and O–H groups in total. The number of carbonyl (C=O) groups is 1. The number of halogens is 2. The van der Waals surface area contributed by atoms with E-state index in [0.717, 1.165) is 17.2 Å². The third kappa shape index (κ3) is 4.37. The first-order chi connectivity index (χ1) is 12.5. The standard InChI is InChI=1S/C20H16ClFN2O2/c21-16-8-9-18(22)17(11-16)20(26)23-12-14-4-6-15(7-5-14)13-24-10-2-1-3-19(24)25/h1-11H,12-13H2,(H,23,26). The Morgan fingerprint density at radius 3 is 2.50 bits per heavy atom. The minimum atomic E-state index is -0.615. The van der Waals surface area contributed by atoms with Crippen molar-refractivity contribution < 1.29 is 9.18 Å². The van der Waals surface area contributed by atoms with Gasteiger partial charge in [0, 0.05) is 23.8 Å². The maximum Gasteiger partial charge on any atom is 0.254 e. The first-order valence-electron chi connectivity index (χ1n) is 7.99. The second kappa shape index (κ2) is 7.97. The molecule has 0 aliphatic rings. The number of aromatic nitrogens is 1. The highest BCUT2D eigenvalue weighted by Crippen LogP contribution is 2.15. The van der Waals surface area contributed by atoms with Crippen LogP contribution in [0.5, 0.6) is 0 Å². The van der Waals surface area contributed by atoms with Gasteiger partial charge in [0.1, 0.15) is 5.82 Å². The zero-order chi connectivity index (χ0) is 18.5. The minimum absolute atomic E-state index is 0.0626. The minimum Gasteiger partial charge on any atom is -0.348 e. The van der Waals surface area contributed by atoms with Crippen molar-refractivity contribution in [3.05, 3.63) is 105 Å². The lowest BCUT2D eigenvalue weighted by atomic mass is 10.1. The van der Waals surface area contributed by atoms with Crippen LogP contribution in [0, 0.1) is 5.82 Å². The molecule has 1 aromatic heterocycles. The molecule has 26 heavy (non-hydrogen) atoms. The Morgan fingerprint density at radius 2 is 1.77 bits per heavy atom. The van der Waals surface area contributed by atoms with Crippen LogP contribution in [0.15, 0.2) is 71.7 Å². The lowest BCUT2D eigenvalue weighted by Crippen LogP contribution is -2.23. The topological polar surface area (TPSA) is 51.1 Å². The van der Waals surface area contributed by atoms with Crippen molar-refractivity contribution in [1.82, 2.24) is 9.88 Å². The molecule has 0 atom stereocenters. The van der Waals surface area contributed by atoms with Crippen molar-refractivity contribution in [3.63, 3.8) is 0 Å². The molecule has 4 nitrogen and oxygen atoms in total. The summed E-state index contributed by atoms with van der Waals surface area (Å²) in [6.07, 6.45) is 1.73. The van der Waals surface area contributed by atoms with E-state index in [1.165, 1.54) is 18.2 Å². The Balaban J connectivity index is 1.63. The van der Waals surface area contributed by atoms with Crippen LogP contribution in [0.2, 0.25) is 5.02 Å². The van der Waals surface area contributed by atoms with E-state index in [9.17, 15) is 14.0 Å². The van der Waals surface area contributed by atoms with Gasteiger partial charge < -0.3 is 9.88 Å². The van der Waals surface area contributed by atoms with Gasteiger partial charge in [0.2, 0.25) is 0 Å². The van der Waals surface area contributed by atoms with Crippen LogP contribution < -0.4 is 10.9 Å². The normalized spacial score (nSPS) is 10.5. The van der Waals surface area contributed by atoms with E-state index < -0.39 is 11.7 Å². The smallest absolute Gasteiger partial charge is 0.254 e. The lowest BCUT2D eigenvalue weighted by Gasteiger charge is -2.09. The van der Waals surface area contributed by atoms with Gasteiger partial charge in [-0.15, -0.1) is 0 Å². The van der Waals surface area contributed by atoms with Gasteiger partial charge in [-0.25, -0.2) is 4.39 Å². The molecule has 0 saturated carbocycles. The van der Waals surface area contributed by atoms with Crippen molar-refractivity contribution in [3.8, 4) is 0 Å². The van der Waals surface area contributed by atoms with Crippen molar-refractivity contribution >= 4 is 17.5 Å². The average molecular weight is 371 g/mol. The van der Waals surface area contributed by atoms with Crippen molar-refractivity contribution in [2.45, 2.75) is 13.1 Å². The summed E-state index contributed by atoms with van der Waals surface area (Å²) in [7, 11) is 0. The molecule has 6 heteroatoms. The Bertz CT molecular complexity index is 984. The Hall–Kier alpha value is -2.92. The van der Waals surface area contributed by atoms with E-state index in [0.29, 0.717) is 11.6 Å². The van der Waals surface area contributed by atoms with Gasteiger partial charge in [-0.3, -0.25) is 9.59 Å². The van der Waals surface area contributed by atoms with E-state index in [2.05, 4.69) is 5.32 Å². The Morgan fingerprint density at radius 1 is 1.04 bits per heavy atom. The molecule has 1 heterocycles. The van der Waals surface area contributed by atoms with Crippen LogP contribution >= 0.6 is 11.6 Å². The van der Waals surface area contributed by atoms with Crippen LogP contribution in [-0.4, -0.2) is 10.5 Å². The summed E-state index contributed by atoms with van der Waals surface area (Å²) in [4.78, 5) is 23.8. The summed E-state index contributed by atoms with van der Waals surface area (Å²) in [6, 6.07) is 16.4. The molecule has 0 spiro atoms. The van der Waals surface area contributed by atoms with Crippen LogP contribution in [0.25, 0.3) is 0 Å². The van der Waals surface area contributed by atoms with E-state index in [1.807, 2.05) is 24.3 Å². The fourth-order valence-corrected chi connectivity index (χ4v) is 2.67. The molecule has 1 amide bonds. The van der Waals surface area contributed by atoms with Gasteiger partial charge in [-0.05, 0) is 35.4 Å². The number of nitrogens with one attached hydrogen (secondary N) is 1. The largest absolute Gasteiger partial charge is 0.348 e. The summed E-state index contributed by atoms with van der Waals surface area (Å²) in [6.45, 7) is 0.733. The number of carbonyl (C=O) groups excluding carboxylic acids is 1. The van der Waals surface area contributed by atoms with Gasteiger partial charge >= 0.3 is 0 Å². The predicted molar refractivity (Wildman–Crippen MR) is 98.8 cm³/mol. The monoisotopic (exact) mass is 370 g/mol.